The molecule has 5 rings (SSSR count). The summed E-state index contributed by atoms with van der Waals surface area (Å²) >= 11 is 6.00. The van der Waals surface area contributed by atoms with E-state index in [2.05, 4.69) is 4.72 Å². The van der Waals surface area contributed by atoms with E-state index in [-0.39, 0.29) is 10.5 Å². The Bertz CT molecular complexity index is 1730. The number of rotatable bonds is 8. The monoisotopic (exact) mass is 556 g/mol. The van der Waals surface area contributed by atoms with Crippen LogP contribution in [0.2, 0.25) is 5.02 Å². The highest BCUT2D eigenvalue weighted by molar-refractivity contribution is 7.90. The summed E-state index contributed by atoms with van der Waals surface area (Å²) in [6.07, 6.45) is 0. The maximum absolute atomic E-state index is 13.0. The van der Waals surface area contributed by atoms with Crippen molar-refractivity contribution in [1.29, 1.82) is 0 Å². The van der Waals surface area contributed by atoms with Gasteiger partial charge in [0, 0.05) is 27.5 Å². The molecule has 0 atom stereocenters. The molecule has 4 aromatic carbocycles. The van der Waals surface area contributed by atoms with E-state index in [4.69, 9.17) is 16.3 Å². The maximum atomic E-state index is 13.0. The van der Waals surface area contributed by atoms with Crippen molar-refractivity contribution in [2.75, 3.05) is 0 Å². The predicted molar refractivity (Wildman–Crippen MR) is 153 cm³/mol. The van der Waals surface area contributed by atoms with Crippen LogP contribution < -0.4 is 9.46 Å². The number of hydrogen-bond acceptors (Lipinski definition) is 4. The number of hydrogen-bond donors (Lipinski definition) is 1. The molecule has 0 radical (unpaired) electrons. The molecule has 0 bridgehead atoms. The van der Waals surface area contributed by atoms with Gasteiger partial charge in [-0.2, -0.15) is 0 Å². The second-order valence-electron chi connectivity index (χ2n) is 8.90. The van der Waals surface area contributed by atoms with Crippen molar-refractivity contribution >= 4 is 27.5 Å². The van der Waals surface area contributed by atoms with E-state index < -0.39 is 15.9 Å². The molecule has 1 N–H and O–H groups in total. The van der Waals surface area contributed by atoms with Crippen LogP contribution in [0.4, 0.5) is 0 Å². The number of nitrogens with one attached hydrogen (secondary N) is 1. The van der Waals surface area contributed by atoms with E-state index in [0.29, 0.717) is 23.1 Å². The largest absolute Gasteiger partial charge is 0.488 e. The zero-order valence-corrected chi connectivity index (χ0v) is 22.6. The lowest BCUT2D eigenvalue weighted by molar-refractivity contribution is 0.0981. The van der Waals surface area contributed by atoms with Gasteiger partial charge in [-0.15, -0.1) is 0 Å². The molecule has 0 fully saturated rings. The van der Waals surface area contributed by atoms with Crippen molar-refractivity contribution in [2.24, 2.45) is 0 Å². The van der Waals surface area contributed by atoms with Crippen LogP contribution in [-0.2, 0) is 16.6 Å². The molecule has 0 aliphatic carbocycles. The predicted octanol–water partition coefficient (Wildman–Crippen LogP) is 6.80. The lowest BCUT2D eigenvalue weighted by atomic mass is 10.1. The molecule has 0 saturated heterocycles. The molecule has 0 saturated carbocycles. The number of aryl methyl sites for hydroxylation is 1. The minimum absolute atomic E-state index is 0.0215. The molecular weight excluding hydrogens is 532 g/mol. The first-order chi connectivity index (χ1) is 18.8. The third-order valence-electron chi connectivity index (χ3n) is 6.19. The number of ether oxygens (including phenoxy) is 1. The zero-order valence-electron chi connectivity index (χ0n) is 21.0. The van der Waals surface area contributed by atoms with E-state index in [1.807, 2.05) is 78.2 Å². The molecular formula is C31H25ClN2O4S. The second kappa shape index (κ2) is 11.2. The normalized spacial score (nSPS) is 11.2. The topological polar surface area (TPSA) is 77.4 Å². The number of aromatic nitrogens is 1. The molecule has 5 aromatic rings. The van der Waals surface area contributed by atoms with Crippen LogP contribution in [0, 0.1) is 6.92 Å². The number of carbonyl (C=O) groups excluding carboxylic acids is 1. The Morgan fingerprint density at radius 1 is 0.846 bits per heavy atom. The summed E-state index contributed by atoms with van der Waals surface area (Å²) in [5, 5.41) is 0.668. The molecule has 8 heteroatoms. The molecule has 6 nitrogen and oxygen atoms in total. The van der Waals surface area contributed by atoms with Gasteiger partial charge in [0.15, 0.2) is 0 Å². The maximum Gasteiger partial charge on any atom is 0.265 e. The minimum atomic E-state index is -4.00. The average molecular weight is 557 g/mol. The molecule has 39 heavy (non-hydrogen) atoms. The fourth-order valence-corrected chi connectivity index (χ4v) is 5.38. The van der Waals surface area contributed by atoms with Crippen LogP contribution in [0.3, 0.4) is 0 Å². The molecule has 196 valence electrons. The number of halogens is 1. The van der Waals surface area contributed by atoms with Crippen molar-refractivity contribution in [3.05, 3.63) is 137 Å². The summed E-state index contributed by atoms with van der Waals surface area (Å²) in [4.78, 5) is 13.0. The van der Waals surface area contributed by atoms with Crippen molar-refractivity contribution in [3.63, 3.8) is 0 Å². The van der Waals surface area contributed by atoms with Crippen LogP contribution in [0.5, 0.6) is 5.75 Å². The summed E-state index contributed by atoms with van der Waals surface area (Å²) in [5.74, 6) is -0.00610. The number of sulfonamides is 1. The lowest BCUT2D eigenvalue weighted by Crippen LogP contribution is -2.30. The third kappa shape index (κ3) is 5.90. The summed E-state index contributed by atoms with van der Waals surface area (Å²) in [6.45, 7) is 2.34. The summed E-state index contributed by atoms with van der Waals surface area (Å²) in [5.41, 5.74) is 4.61. The fraction of sp³-hybridized carbons (Fsp3) is 0.0645. The molecule has 0 aliphatic heterocycles. The van der Waals surface area contributed by atoms with Crippen LogP contribution >= 0.6 is 11.6 Å². The highest BCUT2D eigenvalue weighted by Gasteiger charge is 2.20. The van der Waals surface area contributed by atoms with Gasteiger partial charge in [0.05, 0.1) is 10.6 Å². The van der Waals surface area contributed by atoms with Crippen LogP contribution in [-0.4, -0.2) is 18.9 Å². The molecule has 1 amide bonds. The Kier molecular flexibility index (Phi) is 7.54. The van der Waals surface area contributed by atoms with E-state index >= 15 is 0 Å². The van der Waals surface area contributed by atoms with Crippen LogP contribution in [0.15, 0.2) is 120 Å². The van der Waals surface area contributed by atoms with Gasteiger partial charge in [-0.05, 0) is 79.2 Å². The van der Waals surface area contributed by atoms with Gasteiger partial charge in [-0.3, -0.25) is 4.79 Å². The fourth-order valence-electron chi connectivity index (χ4n) is 4.26. The zero-order chi connectivity index (χ0) is 27.4. The highest BCUT2D eigenvalue weighted by atomic mass is 35.5. The average Bonchev–Trinajstić information content (AvgIpc) is 3.34. The number of benzene rings is 4. The summed E-state index contributed by atoms with van der Waals surface area (Å²) < 4.78 is 35.7. The molecule has 1 heterocycles. The first kappa shape index (κ1) is 26.3. The Morgan fingerprint density at radius 3 is 2.33 bits per heavy atom. The Hall–Kier alpha value is -4.33. The van der Waals surface area contributed by atoms with Crippen LogP contribution in [0.1, 0.15) is 21.6 Å². The molecule has 0 aliphatic rings. The second-order valence-corrected chi connectivity index (χ2v) is 11.0. The highest BCUT2D eigenvalue weighted by Crippen LogP contribution is 2.34. The Labute approximate surface area is 232 Å². The van der Waals surface area contributed by atoms with Gasteiger partial charge < -0.3 is 9.30 Å². The Morgan fingerprint density at radius 2 is 1.56 bits per heavy atom. The van der Waals surface area contributed by atoms with Crippen molar-refractivity contribution in [3.8, 4) is 22.7 Å². The quantitative estimate of drug-likeness (QED) is 0.228. The number of nitrogens with zero attached hydrogens (tertiary/aromatic N) is 1. The third-order valence-corrected chi connectivity index (χ3v) is 7.79. The van der Waals surface area contributed by atoms with Gasteiger partial charge in [0.2, 0.25) is 0 Å². The van der Waals surface area contributed by atoms with Crippen molar-refractivity contribution < 1.29 is 17.9 Å². The number of carbonyl (C=O) groups is 1. The van der Waals surface area contributed by atoms with Gasteiger partial charge in [-0.25, -0.2) is 13.1 Å². The summed E-state index contributed by atoms with van der Waals surface area (Å²) in [7, 11) is -4.00. The molecule has 0 unspecified atom stereocenters. The van der Waals surface area contributed by atoms with Crippen LogP contribution in [0.25, 0.3) is 16.9 Å². The van der Waals surface area contributed by atoms with E-state index in [1.54, 1.807) is 36.4 Å². The van der Waals surface area contributed by atoms with E-state index in [1.165, 1.54) is 12.1 Å². The van der Waals surface area contributed by atoms with Gasteiger partial charge >= 0.3 is 0 Å². The van der Waals surface area contributed by atoms with Crippen molar-refractivity contribution in [1.82, 2.24) is 9.29 Å². The molecule has 1 aromatic heterocycles. The lowest BCUT2D eigenvalue weighted by Gasteiger charge is -2.16. The standard InChI is InChI=1S/C31H25ClN2O4S/c1-22-14-19-29(28-12-5-6-13-30(28)38-21-23-15-17-25(32)18-16-23)34(22)26-9-7-8-24(20-26)31(35)33-39(36,37)27-10-3-2-4-11-27/h2-20H,21H2,1H3,(H,33,35). The first-order valence-electron chi connectivity index (χ1n) is 12.2. The first-order valence-corrected chi connectivity index (χ1v) is 14.1. The van der Waals surface area contributed by atoms with E-state index in [9.17, 15) is 13.2 Å². The Balaban J connectivity index is 1.44. The van der Waals surface area contributed by atoms with Crippen molar-refractivity contribution in [2.45, 2.75) is 18.4 Å². The smallest absolute Gasteiger partial charge is 0.265 e. The number of para-hydroxylation sites is 1. The van der Waals surface area contributed by atoms with Gasteiger partial charge in [0.1, 0.15) is 12.4 Å². The van der Waals surface area contributed by atoms with E-state index in [0.717, 1.165) is 22.5 Å². The van der Waals surface area contributed by atoms with Gasteiger partial charge in [0.25, 0.3) is 15.9 Å². The number of amides is 1. The summed E-state index contributed by atoms with van der Waals surface area (Å²) in [6, 6.07) is 33.9. The minimum Gasteiger partial charge on any atom is -0.488 e. The SMILES string of the molecule is Cc1ccc(-c2ccccc2OCc2ccc(Cl)cc2)n1-c1cccc(C(=O)NS(=O)(=O)c2ccccc2)c1. The molecule has 0 spiro atoms. The van der Waals surface area contributed by atoms with Gasteiger partial charge in [-0.1, -0.05) is 60.1 Å².